The number of hydrogen-bond acceptors (Lipinski definition) is 7. The second-order valence-electron chi connectivity index (χ2n) is 4.47. The van der Waals surface area contributed by atoms with Crippen molar-refractivity contribution in [3.63, 3.8) is 0 Å². The minimum Gasteiger partial charge on any atom is -0.258 e. The largest absolute Gasteiger partial charge is 0.270 e. The molecule has 0 amide bonds. The molecule has 8 nitrogen and oxygen atoms in total. The number of hydrogen-bond donors (Lipinski definition) is 1. The van der Waals surface area contributed by atoms with Crippen molar-refractivity contribution in [2.75, 3.05) is 4.72 Å². The number of nitro groups is 1. The first kappa shape index (κ1) is 15.3. The van der Waals surface area contributed by atoms with Gasteiger partial charge in [-0.15, -0.1) is 0 Å². The third kappa shape index (κ3) is 3.52. The molecule has 1 heterocycles. The summed E-state index contributed by atoms with van der Waals surface area (Å²) < 4.78 is 30.6. The fourth-order valence-electron chi connectivity index (χ4n) is 1.45. The molecule has 1 N–H and O–H groups in total. The number of nitrogens with zero attached hydrogens (tertiary/aromatic N) is 3. The smallest absolute Gasteiger partial charge is 0.258 e. The number of rotatable bonds is 5. The summed E-state index contributed by atoms with van der Waals surface area (Å²) in [5.74, 6) is 0.619. The van der Waals surface area contributed by atoms with Crippen molar-refractivity contribution in [3.8, 4) is 0 Å². The Hall–Kier alpha value is -2.07. The molecule has 0 unspecified atom stereocenters. The number of nitro benzene ring substituents is 1. The van der Waals surface area contributed by atoms with Crippen molar-refractivity contribution in [1.82, 2.24) is 9.36 Å². The average Bonchev–Trinajstić information content (AvgIpc) is 2.87. The third-order valence-electron chi connectivity index (χ3n) is 2.52. The Morgan fingerprint density at radius 2 is 2.10 bits per heavy atom. The quantitative estimate of drug-likeness (QED) is 0.665. The fraction of sp³-hybridized carbons (Fsp3) is 0.273. The molecule has 0 radical (unpaired) electrons. The van der Waals surface area contributed by atoms with E-state index in [1.807, 2.05) is 13.8 Å². The highest BCUT2D eigenvalue weighted by Gasteiger charge is 2.20. The monoisotopic (exact) mass is 328 g/mol. The van der Waals surface area contributed by atoms with Gasteiger partial charge in [0.15, 0.2) is 0 Å². The van der Waals surface area contributed by atoms with Crippen LogP contribution >= 0.6 is 11.5 Å². The second kappa shape index (κ2) is 5.74. The first-order valence-corrected chi connectivity index (χ1v) is 8.16. The van der Waals surface area contributed by atoms with Gasteiger partial charge in [-0.1, -0.05) is 19.9 Å². The number of benzene rings is 1. The van der Waals surface area contributed by atoms with Gasteiger partial charge in [-0.2, -0.15) is 4.37 Å². The van der Waals surface area contributed by atoms with Crippen molar-refractivity contribution in [3.05, 3.63) is 40.2 Å². The molecule has 0 fully saturated rings. The topological polar surface area (TPSA) is 115 Å². The highest BCUT2D eigenvalue weighted by molar-refractivity contribution is 7.93. The summed E-state index contributed by atoms with van der Waals surface area (Å²) in [5.41, 5.74) is -0.294. The number of sulfonamides is 1. The van der Waals surface area contributed by atoms with Gasteiger partial charge in [0.1, 0.15) is 5.82 Å². The molecule has 0 aliphatic carbocycles. The van der Waals surface area contributed by atoms with E-state index in [1.165, 1.54) is 18.2 Å². The molecule has 1 aromatic heterocycles. The number of anilines is 1. The molecule has 2 rings (SSSR count). The van der Waals surface area contributed by atoms with Gasteiger partial charge in [-0.05, 0) is 6.07 Å². The average molecular weight is 328 g/mol. The molecule has 0 saturated heterocycles. The highest BCUT2D eigenvalue weighted by Crippen LogP contribution is 2.22. The van der Waals surface area contributed by atoms with Gasteiger partial charge in [0.05, 0.1) is 9.82 Å². The summed E-state index contributed by atoms with van der Waals surface area (Å²) in [4.78, 5) is 13.9. The van der Waals surface area contributed by atoms with E-state index in [0.717, 1.165) is 17.6 Å². The lowest BCUT2D eigenvalue weighted by atomic mass is 10.2. The van der Waals surface area contributed by atoms with E-state index in [1.54, 1.807) is 0 Å². The van der Waals surface area contributed by atoms with Crippen LogP contribution in [0.15, 0.2) is 29.2 Å². The van der Waals surface area contributed by atoms with E-state index < -0.39 is 14.9 Å². The highest BCUT2D eigenvalue weighted by atomic mass is 32.2. The Bertz CT molecular complexity index is 770. The zero-order valence-electron chi connectivity index (χ0n) is 11.2. The van der Waals surface area contributed by atoms with Crippen molar-refractivity contribution in [2.45, 2.75) is 24.7 Å². The fourth-order valence-corrected chi connectivity index (χ4v) is 3.42. The molecule has 10 heteroatoms. The van der Waals surface area contributed by atoms with Crippen LogP contribution in [0.5, 0.6) is 0 Å². The Labute approximate surface area is 125 Å². The Balaban J connectivity index is 2.29. The van der Waals surface area contributed by atoms with Crippen LogP contribution < -0.4 is 4.72 Å². The molecule has 0 atom stereocenters. The van der Waals surface area contributed by atoms with Crippen molar-refractivity contribution < 1.29 is 13.3 Å². The normalized spacial score (nSPS) is 11.6. The Morgan fingerprint density at radius 1 is 1.38 bits per heavy atom. The summed E-state index contributed by atoms with van der Waals surface area (Å²) in [6.45, 7) is 3.78. The van der Waals surface area contributed by atoms with Gasteiger partial charge in [-0.3, -0.25) is 14.8 Å². The van der Waals surface area contributed by atoms with Crippen LogP contribution in [0.2, 0.25) is 0 Å². The molecular weight excluding hydrogens is 316 g/mol. The minimum atomic E-state index is -3.93. The predicted molar refractivity (Wildman–Crippen MR) is 77.9 cm³/mol. The van der Waals surface area contributed by atoms with Gasteiger partial charge >= 0.3 is 0 Å². The molecule has 1 aromatic carbocycles. The van der Waals surface area contributed by atoms with Crippen LogP contribution in [-0.4, -0.2) is 22.7 Å². The van der Waals surface area contributed by atoms with Crippen molar-refractivity contribution in [1.29, 1.82) is 0 Å². The number of aromatic nitrogens is 2. The molecule has 0 aliphatic heterocycles. The van der Waals surface area contributed by atoms with Crippen molar-refractivity contribution in [2.24, 2.45) is 0 Å². The van der Waals surface area contributed by atoms with Crippen LogP contribution in [0, 0.1) is 10.1 Å². The summed E-state index contributed by atoms with van der Waals surface area (Å²) in [6.07, 6.45) is 0. The SMILES string of the molecule is CC(C)c1nsc(NS(=O)(=O)c2cccc([N+](=O)[O-])c2)n1. The zero-order valence-corrected chi connectivity index (χ0v) is 12.8. The maximum absolute atomic E-state index is 12.2. The van der Waals surface area contributed by atoms with Crippen LogP contribution in [0.1, 0.15) is 25.6 Å². The standard InChI is InChI=1S/C11H12N4O4S2/c1-7(2)10-12-11(20-13-10)14-21(18,19)9-5-3-4-8(6-9)15(16)17/h3-7H,1-2H3,(H,12,13,14). The van der Waals surface area contributed by atoms with E-state index >= 15 is 0 Å². The second-order valence-corrected chi connectivity index (χ2v) is 6.91. The van der Waals surface area contributed by atoms with E-state index in [2.05, 4.69) is 14.1 Å². The summed E-state index contributed by atoms with van der Waals surface area (Å²) >= 11 is 0.925. The van der Waals surface area contributed by atoms with E-state index in [9.17, 15) is 18.5 Å². The number of non-ortho nitro benzene ring substituents is 1. The lowest BCUT2D eigenvalue weighted by Gasteiger charge is -2.04. The zero-order chi connectivity index (χ0) is 15.6. The van der Waals surface area contributed by atoms with Crippen LogP contribution in [0.3, 0.4) is 0 Å². The Morgan fingerprint density at radius 3 is 2.67 bits per heavy atom. The van der Waals surface area contributed by atoms with Crippen molar-refractivity contribution >= 4 is 32.4 Å². The van der Waals surface area contributed by atoms with Gasteiger partial charge < -0.3 is 0 Å². The summed E-state index contributed by atoms with van der Waals surface area (Å²) in [5, 5.41) is 10.8. The van der Waals surface area contributed by atoms with E-state index in [4.69, 9.17) is 0 Å². The maximum Gasteiger partial charge on any atom is 0.270 e. The molecule has 112 valence electrons. The van der Waals surface area contributed by atoms with Gasteiger partial charge in [-0.25, -0.2) is 13.4 Å². The lowest BCUT2D eigenvalue weighted by Crippen LogP contribution is -2.13. The Kier molecular flexibility index (Phi) is 4.19. The summed E-state index contributed by atoms with van der Waals surface area (Å²) in [7, 11) is -3.93. The molecular formula is C11H12N4O4S2. The first-order chi connectivity index (χ1) is 9.79. The summed E-state index contributed by atoms with van der Waals surface area (Å²) in [6, 6.07) is 4.81. The molecule has 21 heavy (non-hydrogen) atoms. The molecule has 0 spiro atoms. The molecule has 2 aromatic rings. The molecule has 0 aliphatic rings. The molecule has 0 saturated carbocycles. The van der Waals surface area contributed by atoms with Crippen LogP contribution in [-0.2, 0) is 10.0 Å². The number of nitrogens with one attached hydrogen (secondary N) is 1. The lowest BCUT2D eigenvalue weighted by molar-refractivity contribution is -0.385. The predicted octanol–water partition coefficient (Wildman–Crippen LogP) is 2.37. The van der Waals surface area contributed by atoms with Crippen LogP contribution in [0.25, 0.3) is 0 Å². The van der Waals surface area contributed by atoms with E-state index in [-0.39, 0.29) is 21.6 Å². The minimum absolute atomic E-state index is 0.0808. The maximum atomic E-state index is 12.2. The van der Waals surface area contributed by atoms with Gasteiger partial charge in [0.2, 0.25) is 5.13 Å². The first-order valence-electron chi connectivity index (χ1n) is 5.90. The third-order valence-corrected chi connectivity index (χ3v) is 4.63. The van der Waals surface area contributed by atoms with E-state index in [0.29, 0.717) is 5.82 Å². The van der Waals surface area contributed by atoms with Gasteiger partial charge in [0.25, 0.3) is 15.7 Å². The van der Waals surface area contributed by atoms with Crippen LogP contribution in [0.4, 0.5) is 10.8 Å². The van der Waals surface area contributed by atoms with Gasteiger partial charge in [0, 0.05) is 29.6 Å². The molecule has 0 bridgehead atoms.